The van der Waals surface area contributed by atoms with Crippen LogP contribution in [0.3, 0.4) is 0 Å². The first-order valence-electron chi connectivity index (χ1n) is 8.94. The van der Waals surface area contributed by atoms with Gasteiger partial charge in [-0.05, 0) is 43.5 Å². The quantitative estimate of drug-likeness (QED) is 0.872. The van der Waals surface area contributed by atoms with Gasteiger partial charge in [0.05, 0.1) is 6.54 Å². The molecule has 25 heavy (non-hydrogen) atoms. The summed E-state index contributed by atoms with van der Waals surface area (Å²) in [5, 5.41) is 8.00. The molecular formula is C19H25N3O3. The highest BCUT2D eigenvalue weighted by molar-refractivity contribution is 5.47. The predicted molar refractivity (Wildman–Crippen MR) is 94.0 cm³/mol. The number of benzene rings is 1. The monoisotopic (exact) mass is 343 g/mol. The van der Waals surface area contributed by atoms with Gasteiger partial charge in [-0.15, -0.1) is 0 Å². The molecule has 0 spiro atoms. The minimum atomic E-state index is 0.0671. The van der Waals surface area contributed by atoms with Crippen molar-refractivity contribution < 1.29 is 14.2 Å². The maximum absolute atomic E-state index is 5.63. The van der Waals surface area contributed by atoms with E-state index in [0.717, 1.165) is 50.6 Å². The summed E-state index contributed by atoms with van der Waals surface area (Å²) in [6, 6.07) is 8.65. The molecule has 0 radical (unpaired) electrons. The van der Waals surface area contributed by atoms with Gasteiger partial charge in [0.2, 0.25) is 6.79 Å². The lowest BCUT2D eigenvalue weighted by Gasteiger charge is -2.39. The molecular weight excluding hydrogens is 318 g/mol. The molecule has 1 aromatic carbocycles. The molecule has 1 N–H and O–H groups in total. The predicted octanol–water partition coefficient (Wildman–Crippen LogP) is 2.34. The Labute approximate surface area is 148 Å². The molecule has 6 nitrogen and oxygen atoms in total. The number of hydrogen-bond acceptors (Lipinski definition) is 5. The highest BCUT2D eigenvalue weighted by atomic mass is 16.7. The van der Waals surface area contributed by atoms with E-state index >= 15 is 0 Å². The van der Waals surface area contributed by atoms with Crippen LogP contribution in [0.4, 0.5) is 0 Å². The van der Waals surface area contributed by atoms with E-state index in [1.54, 1.807) is 0 Å². The normalized spacial score (nSPS) is 19.7. The second-order valence-electron chi connectivity index (χ2n) is 6.97. The Morgan fingerprint density at radius 3 is 2.88 bits per heavy atom. The fourth-order valence-electron chi connectivity index (χ4n) is 3.68. The molecule has 1 fully saturated rings. The van der Waals surface area contributed by atoms with Crippen LogP contribution in [0.5, 0.6) is 11.5 Å². The number of aromatic nitrogens is 2. The summed E-state index contributed by atoms with van der Waals surface area (Å²) in [5.41, 5.74) is 1.37. The standard InChI is InChI=1S/C19H25N3O3/c1-15(12-22-8-2-7-21-22)20-13-19(5-9-23-10-6-19)16-3-4-17-18(11-16)25-14-24-17/h2-4,7-8,11,15,20H,5-6,9-10,12-14H2,1H3. The van der Waals surface area contributed by atoms with Crippen LogP contribution in [0.15, 0.2) is 36.7 Å². The topological polar surface area (TPSA) is 57.5 Å². The van der Waals surface area contributed by atoms with Gasteiger partial charge in [0.1, 0.15) is 0 Å². The minimum Gasteiger partial charge on any atom is -0.454 e. The lowest BCUT2D eigenvalue weighted by atomic mass is 9.74. The van der Waals surface area contributed by atoms with E-state index in [1.807, 2.05) is 29.2 Å². The average Bonchev–Trinajstić information content (AvgIpc) is 3.31. The van der Waals surface area contributed by atoms with Gasteiger partial charge in [-0.3, -0.25) is 4.68 Å². The summed E-state index contributed by atoms with van der Waals surface area (Å²) >= 11 is 0. The van der Waals surface area contributed by atoms with Gasteiger partial charge in [0, 0.05) is 43.6 Å². The van der Waals surface area contributed by atoms with Crippen molar-refractivity contribution >= 4 is 0 Å². The van der Waals surface area contributed by atoms with Gasteiger partial charge < -0.3 is 19.5 Å². The van der Waals surface area contributed by atoms with Crippen LogP contribution in [0, 0.1) is 0 Å². The number of nitrogens with one attached hydrogen (secondary N) is 1. The van der Waals surface area contributed by atoms with Crippen LogP contribution >= 0.6 is 0 Å². The summed E-state index contributed by atoms with van der Waals surface area (Å²) in [6.45, 7) is 5.88. The Bertz CT molecular complexity index is 696. The summed E-state index contributed by atoms with van der Waals surface area (Å²) in [7, 11) is 0. The third-order valence-electron chi connectivity index (χ3n) is 5.24. The van der Waals surface area contributed by atoms with Crippen molar-refractivity contribution in [3.63, 3.8) is 0 Å². The van der Waals surface area contributed by atoms with Crippen molar-refractivity contribution in [2.24, 2.45) is 0 Å². The number of rotatable bonds is 6. The Morgan fingerprint density at radius 1 is 1.24 bits per heavy atom. The summed E-state index contributed by atoms with van der Waals surface area (Å²) < 4.78 is 18.6. The molecule has 0 aliphatic carbocycles. The fraction of sp³-hybridized carbons (Fsp3) is 0.526. The largest absolute Gasteiger partial charge is 0.454 e. The number of hydrogen-bond donors (Lipinski definition) is 1. The van der Waals surface area contributed by atoms with Crippen molar-refractivity contribution in [2.75, 3.05) is 26.6 Å². The van der Waals surface area contributed by atoms with Crippen molar-refractivity contribution in [3.05, 3.63) is 42.2 Å². The third-order valence-corrected chi connectivity index (χ3v) is 5.24. The minimum absolute atomic E-state index is 0.0671. The highest BCUT2D eigenvalue weighted by Crippen LogP contribution is 2.40. The van der Waals surface area contributed by atoms with Crippen LogP contribution in [-0.2, 0) is 16.7 Å². The van der Waals surface area contributed by atoms with Crippen LogP contribution in [0.25, 0.3) is 0 Å². The van der Waals surface area contributed by atoms with Crippen LogP contribution < -0.4 is 14.8 Å². The van der Waals surface area contributed by atoms with E-state index < -0.39 is 0 Å². The molecule has 2 aromatic rings. The number of nitrogens with zero attached hydrogens (tertiary/aromatic N) is 2. The Kier molecular flexibility index (Phi) is 4.63. The van der Waals surface area contributed by atoms with E-state index in [1.165, 1.54) is 5.56 Å². The van der Waals surface area contributed by atoms with Gasteiger partial charge in [0.15, 0.2) is 11.5 Å². The van der Waals surface area contributed by atoms with Gasteiger partial charge in [0.25, 0.3) is 0 Å². The zero-order valence-corrected chi connectivity index (χ0v) is 14.6. The second-order valence-corrected chi connectivity index (χ2v) is 6.97. The van der Waals surface area contributed by atoms with E-state index in [9.17, 15) is 0 Å². The van der Waals surface area contributed by atoms with Crippen molar-refractivity contribution in [3.8, 4) is 11.5 Å². The average molecular weight is 343 g/mol. The second kappa shape index (κ2) is 7.06. The Balaban J connectivity index is 1.49. The number of fused-ring (bicyclic) bond motifs is 1. The molecule has 3 heterocycles. The van der Waals surface area contributed by atoms with E-state index in [4.69, 9.17) is 14.2 Å². The lowest BCUT2D eigenvalue weighted by Crippen LogP contribution is -2.46. The first kappa shape index (κ1) is 16.4. The molecule has 1 atom stereocenters. The summed E-state index contributed by atoms with van der Waals surface area (Å²) in [4.78, 5) is 0. The fourth-order valence-corrected chi connectivity index (χ4v) is 3.68. The third kappa shape index (κ3) is 3.50. The van der Waals surface area contributed by atoms with Crippen molar-refractivity contribution in [1.82, 2.24) is 15.1 Å². The zero-order chi connectivity index (χ0) is 17.1. The molecule has 2 aliphatic rings. The van der Waals surface area contributed by atoms with Gasteiger partial charge in [-0.2, -0.15) is 5.10 Å². The van der Waals surface area contributed by atoms with Crippen LogP contribution in [0.2, 0.25) is 0 Å². The summed E-state index contributed by atoms with van der Waals surface area (Å²) in [6.07, 6.45) is 5.84. The Hall–Kier alpha value is -2.05. The smallest absolute Gasteiger partial charge is 0.231 e. The molecule has 2 aliphatic heterocycles. The van der Waals surface area contributed by atoms with Crippen LogP contribution in [-0.4, -0.2) is 42.4 Å². The molecule has 1 aromatic heterocycles. The molecule has 134 valence electrons. The molecule has 0 saturated carbocycles. The molecule has 6 heteroatoms. The first-order chi connectivity index (χ1) is 12.3. The zero-order valence-electron chi connectivity index (χ0n) is 14.6. The molecule has 0 amide bonds. The SMILES string of the molecule is CC(Cn1cccn1)NCC1(c2ccc3c(c2)OCO3)CCOCC1. The van der Waals surface area contributed by atoms with Crippen molar-refractivity contribution in [2.45, 2.75) is 37.8 Å². The Morgan fingerprint density at radius 2 is 2.08 bits per heavy atom. The first-order valence-corrected chi connectivity index (χ1v) is 8.94. The number of ether oxygens (including phenoxy) is 3. The molecule has 4 rings (SSSR count). The van der Waals surface area contributed by atoms with Crippen LogP contribution in [0.1, 0.15) is 25.3 Å². The van der Waals surface area contributed by atoms with Crippen molar-refractivity contribution in [1.29, 1.82) is 0 Å². The highest BCUT2D eigenvalue weighted by Gasteiger charge is 2.35. The van der Waals surface area contributed by atoms with Gasteiger partial charge >= 0.3 is 0 Å². The van der Waals surface area contributed by atoms with E-state index in [-0.39, 0.29) is 5.41 Å². The van der Waals surface area contributed by atoms with E-state index in [0.29, 0.717) is 12.8 Å². The van der Waals surface area contributed by atoms with Gasteiger partial charge in [-0.25, -0.2) is 0 Å². The summed E-state index contributed by atoms with van der Waals surface area (Å²) in [5.74, 6) is 1.69. The maximum atomic E-state index is 5.63. The molecule has 1 unspecified atom stereocenters. The maximum Gasteiger partial charge on any atom is 0.231 e. The molecule has 0 bridgehead atoms. The molecule has 1 saturated heterocycles. The van der Waals surface area contributed by atoms with E-state index in [2.05, 4.69) is 29.5 Å². The van der Waals surface area contributed by atoms with Gasteiger partial charge in [-0.1, -0.05) is 6.07 Å². The lowest BCUT2D eigenvalue weighted by molar-refractivity contribution is 0.0487.